The van der Waals surface area contributed by atoms with Crippen molar-refractivity contribution >= 4 is 17.5 Å². The molecule has 1 aromatic carbocycles. The summed E-state index contributed by atoms with van der Waals surface area (Å²) in [6.45, 7) is 6.45. The summed E-state index contributed by atoms with van der Waals surface area (Å²) in [6, 6.07) is 8.05. The molecular formula is C19H27N3O3. The van der Waals surface area contributed by atoms with Crippen LogP contribution >= 0.6 is 0 Å². The van der Waals surface area contributed by atoms with Crippen LogP contribution < -0.4 is 9.64 Å². The van der Waals surface area contributed by atoms with Crippen molar-refractivity contribution in [3.05, 3.63) is 24.3 Å². The predicted octanol–water partition coefficient (Wildman–Crippen LogP) is 1.60. The molecule has 0 bridgehead atoms. The Kier molecular flexibility index (Phi) is 5.46. The molecule has 2 saturated heterocycles. The molecule has 2 fully saturated rings. The van der Waals surface area contributed by atoms with Crippen LogP contribution in [0.2, 0.25) is 0 Å². The number of benzene rings is 1. The molecule has 1 atom stereocenters. The topological polar surface area (TPSA) is 53.1 Å². The van der Waals surface area contributed by atoms with E-state index in [-0.39, 0.29) is 17.7 Å². The molecule has 6 nitrogen and oxygen atoms in total. The number of hydrogen-bond donors (Lipinski definition) is 0. The molecule has 0 aromatic heterocycles. The number of amides is 2. The Bertz CT molecular complexity index is 617. The summed E-state index contributed by atoms with van der Waals surface area (Å²) in [7, 11) is 1.66. The van der Waals surface area contributed by atoms with Gasteiger partial charge in [-0.15, -0.1) is 0 Å². The van der Waals surface area contributed by atoms with Crippen molar-refractivity contribution in [3.63, 3.8) is 0 Å². The van der Waals surface area contributed by atoms with E-state index in [4.69, 9.17) is 4.74 Å². The summed E-state index contributed by atoms with van der Waals surface area (Å²) < 4.78 is 5.21. The van der Waals surface area contributed by atoms with E-state index in [2.05, 4.69) is 17.0 Å². The van der Waals surface area contributed by atoms with Crippen LogP contribution in [0.5, 0.6) is 5.75 Å². The Hall–Kier alpha value is -2.24. The van der Waals surface area contributed by atoms with Crippen LogP contribution in [0.4, 0.5) is 5.69 Å². The molecule has 2 aliphatic heterocycles. The van der Waals surface area contributed by atoms with Gasteiger partial charge in [0.05, 0.1) is 13.0 Å². The Morgan fingerprint density at radius 3 is 2.56 bits per heavy atom. The van der Waals surface area contributed by atoms with Crippen molar-refractivity contribution in [1.29, 1.82) is 0 Å². The lowest BCUT2D eigenvalue weighted by atomic mass is 10.1. The maximum Gasteiger partial charge on any atom is 0.228 e. The number of anilines is 1. The number of likely N-dealkylation sites (tertiary alicyclic amines) is 1. The molecule has 1 aromatic rings. The van der Waals surface area contributed by atoms with Gasteiger partial charge in [0.25, 0.3) is 0 Å². The Morgan fingerprint density at radius 2 is 1.92 bits per heavy atom. The highest BCUT2D eigenvalue weighted by atomic mass is 16.5. The monoisotopic (exact) mass is 345 g/mol. The smallest absolute Gasteiger partial charge is 0.228 e. The van der Waals surface area contributed by atoms with E-state index in [9.17, 15) is 9.59 Å². The standard InChI is InChI=1S/C19H27N3O3/c1-3-20-14-15(13-18(20)23)19(24)22-10-4-9-21(11-12-22)16-5-7-17(25-2)8-6-16/h5-8,15H,3-4,9-14H2,1-2H3/t15-/m1/s1. The van der Waals surface area contributed by atoms with E-state index >= 15 is 0 Å². The van der Waals surface area contributed by atoms with E-state index in [0.29, 0.717) is 26.1 Å². The zero-order valence-electron chi connectivity index (χ0n) is 15.1. The van der Waals surface area contributed by atoms with Gasteiger partial charge in [-0.3, -0.25) is 9.59 Å². The molecule has 0 spiro atoms. The van der Waals surface area contributed by atoms with Crippen LogP contribution in [0, 0.1) is 5.92 Å². The quantitative estimate of drug-likeness (QED) is 0.832. The number of ether oxygens (including phenoxy) is 1. The van der Waals surface area contributed by atoms with Gasteiger partial charge in [-0.1, -0.05) is 0 Å². The van der Waals surface area contributed by atoms with E-state index in [1.54, 1.807) is 12.0 Å². The van der Waals surface area contributed by atoms with Crippen molar-refractivity contribution in [1.82, 2.24) is 9.80 Å². The Morgan fingerprint density at radius 1 is 1.16 bits per heavy atom. The molecule has 2 amide bonds. The molecule has 25 heavy (non-hydrogen) atoms. The van der Waals surface area contributed by atoms with Gasteiger partial charge in [0.2, 0.25) is 11.8 Å². The zero-order valence-corrected chi connectivity index (χ0v) is 15.1. The van der Waals surface area contributed by atoms with Gasteiger partial charge in [-0.2, -0.15) is 0 Å². The second kappa shape index (κ2) is 7.76. The minimum Gasteiger partial charge on any atom is -0.497 e. The number of nitrogens with zero attached hydrogens (tertiary/aromatic N) is 3. The molecule has 0 saturated carbocycles. The highest BCUT2D eigenvalue weighted by molar-refractivity contribution is 5.89. The number of carbonyl (C=O) groups excluding carboxylic acids is 2. The molecular weight excluding hydrogens is 318 g/mol. The summed E-state index contributed by atoms with van der Waals surface area (Å²) in [5, 5.41) is 0. The first-order valence-electron chi connectivity index (χ1n) is 9.08. The van der Waals surface area contributed by atoms with Crippen molar-refractivity contribution in [2.75, 3.05) is 51.3 Å². The molecule has 0 radical (unpaired) electrons. The third kappa shape index (κ3) is 3.89. The Labute approximate surface area is 149 Å². The molecule has 2 aliphatic rings. The molecule has 6 heteroatoms. The van der Waals surface area contributed by atoms with E-state index < -0.39 is 0 Å². The highest BCUT2D eigenvalue weighted by Crippen LogP contribution is 2.23. The zero-order chi connectivity index (χ0) is 17.8. The van der Waals surface area contributed by atoms with Crippen LogP contribution in [0.3, 0.4) is 0 Å². The predicted molar refractivity (Wildman–Crippen MR) is 96.8 cm³/mol. The summed E-state index contributed by atoms with van der Waals surface area (Å²) in [5.74, 6) is 0.929. The Balaban J connectivity index is 1.59. The number of carbonyl (C=O) groups is 2. The van der Waals surface area contributed by atoms with Crippen LogP contribution in [0.15, 0.2) is 24.3 Å². The first kappa shape index (κ1) is 17.6. The summed E-state index contributed by atoms with van der Waals surface area (Å²) >= 11 is 0. The molecule has 3 rings (SSSR count). The second-order valence-corrected chi connectivity index (χ2v) is 6.70. The number of hydrogen-bond acceptors (Lipinski definition) is 4. The van der Waals surface area contributed by atoms with E-state index in [1.165, 1.54) is 0 Å². The lowest BCUT2D eigenvalue weighted by molar-refractivity contribution is -0.135. The van der Waals surface area contributed by atoms with Gasteiger partial charge in [-0.25, -0.2) is 0 Å². The fraction of sp³-hybridized carbons (Fsp3) is 0.579. The lowest BCUT2D eigenvalue weighted by Gasteiger charge is -2.25. The number of rotatable bonds is 4. The first-order chi connectivity index (χ1) is 12.1. The van der Waals surface area contributed by atoms with Gasteiger partial charge in [0.15, 0.2) is 0 Å². The minimum atomic E-state index is -0.167. The SMILES string of the molecule is CCN1C[C@H](C(=O)N2CCCN(c3ccc(OC)cc3)CC2)CC1=O. The summed E-state index contributed by atoms with van der Waals surface area (Å²) in [6.07, 6.45) is 1.31. The fourth-order valence-electron chi connectivity index (χ4n) is 3.69. The summed E-state index contributed by atoms with van der Waals surface area (Å²) in [4.78, 5) is 30.7. The average molecular weight is 345 g/mol. The molecule has 136 valence electrons. The molecule has 0 N–H and O–H groups in total. The third-order valence-electron chi connectivity index (χ3n) is 5.19. The largest absolute Gasteiger partial charge is 0.497 e. The van der Waals surface area contributed by atoms with Crippen molar-refractivity contribution in [2.24, 2.45) is 5.92 Å². The van der Waals surface area contributed by atoms with E-state index in [1.807, 2.05) is 24.0 Å². The van der Waals surface area contributed by atoms with Gasteiger partial charge in [0.1, 0.15) is 5.75 Å². The van der Waals surface area contributed by atoms with Gasteiger partial charge >= 0.3 is 0 Å². The van der Waals surface area contributed by atoms with Gasteiger partial charge in [-0.05, 0) is 37.6 Å². The fourth-order valence-corrected chi connectivity index (χ4v) is 3.69. The normalized spacial score (nSPS) is 21.4. The van der Waals surface area contributed by atoms with Crippen LogP contribution in [0.25, 0.3) is 0 Å². The third-order valence-corrected chi connectivity index (χ3v) is 5.19. The van der Waals surface area contributed by atoms with Crippen molar-refractivity contribution in [2.45, 2.75) is 19.8 Å². The maximum atomic E-state index is 12.8. The minimum absolute atomic E-state index is 0.107. The van der Waals surface area contributed by atoms with E-state index in [0.717, 1.165) is 37.5 Å². The van der Waals surface area contributed by atoms with Gasteiger partial charge in [0, 0.05) is 51.4 Å². The molecule has 0 aliphatic carbocycles. The second-order valence-electron chi connectivity index (χ2n) is 6.70. The van der Waals surface area contributed by atoms with Crippen LogP contribution in [-0.4, -0.2) is 68.0 Å². The highest BCUT2D eigenvalue weighted by Gasteiger charge is 2.36. The maximum absolute atomic E-state index is 12.8. The number of methoxy groups -OCH3 is 1. The van der Waals surface area contributed by atoms with Crippen molar-refractivity contribution < 1.29 is 14.3 Å². The first-order valence-corrected chi connectivity index (χ1v) is 9.08. The molecule has 2 heterocycles. The summed E-state index contributed by atoms with van der Waals surface area (Å²) in [5.41, 5.74) is 1.16. The van der Waals surface area contributed by atoms with Crippen molar-refractivity contribution in [3.8, 4) is 5.75 Å². The van der Waals surface area contributed by atoms with Gasteiger partial charge < -0.3 is 19.4 Å². The lowest BCUT2D eigenvalue weighted by Crippen LogP contribution is -2.40. The average Bonchev–Trinajstić information content (AvgIpc) is 2.86. The van der Waals surface area contributed by atoms with Crippen LogP contribution in [0.1, 0.15) is 19.8 Å². The molecule has 0 unspecified atom stereocenters. The van der Waals surface area contributed by atoms with Crippen LogP contribution in [-0.2, 0) is 9.59 Å².